The van der Waals surface area contributed by atoms with Gasteiger partial charge in [0, 0.05) is 18.2 Å². The molecule has 0 bridgehead atoms. The predicted molar refractivity (Wildman–Crippen MR) is 66.9 cm³/mol. The van der Waals surface area contributed by atoms with Crippen molar-refractivity contribution in [2.24, 2.45) is 0 Å². The zero-order valence-corrected chi connectivity index (χ0v) is 10.3. The number of hydroxylamine groups is 1. The number of carbonyl (C=O) groups is 1. The Morgan fingerprint density at radius 1 is 1.50 bits per heavy atom. The van der Waals surface area contributed by atoms with Gasteiger partial charge in [0.25, 0.3) is 0 Å². The second-order valence-corrected chi connectivity index (χ2v) is 4.19. The fourth-order valence-corrected chi connectivity index (χ4v) is 1.56. The molecule has 0 aliphatic carbocycles. The second-order valence-electron chi connectivity index (χ2n) is 4.19. The Morgan fingerprint density at radius 3 is 2.67 bits per heavy atom. The van der Waals surface area contributed by atoms with Crippen LogP contribution in [0.2, 0.25) is 0 Å². The SMILES string of the molecule is CC(C)N(Cc1cccc(C(=N)NO)c1)C(=O)O. The standard InChI is InChI=1S/C12H17N3O3/c1-8(2)15(12(16)17)7-9-4-3-5-10(6-9)11(13)14-18/h3-6,8,18H,7H2,1-2H3,(H2,13,14)(H,16,17). The molecule has 1 rings (SSSR count). The smallest absolute Gasteiger partial charge is 0.407 e. The first-order valence-electron chi connectivity index (χ1n) is 5.53. The van der Waals surface area contributed by atoms with Gasteiger partial charge in [0.05, 0.1) is 0 Å². The van der Waals surface area contributed by atoms with Crippen molar-refractivity contribution >= 4 is 11.9 Å². The molecule has 1 aromatic rings. The lowest BCUT2D eigenvalue weighted by molar-refractivity contribution is 0.128. The lowest BCUT2D eigenvalue weighted by Gasteiger charge is -2.23. The van der Waals surface area contributed by atoms with Crippen LogP contribution < -0.4 is 5.48 Å². The van der Waals surface area contributed by atoms with E-state index in [4.69, 9.17) is 15.7 Å². The second kappa shape index (κ2) is 6.02. The van der Waals surface area contributed by atoms with Crippen molar-refractivity contribution in [3.63, 3.8) is 0 Å². The maximum absolute atomic E-state index is 11.1. The minimum Gasteiger partial charge on any atom is -0.465 e. The lowest BCUT2D eigenvalue weighted by Crippen LogP contribution is -2.35. The van der Waals surface area contributed by atoms with Crippen molar-refractivity contribution in [3.05, 3.63) is 35.4 Å². The van der Waals surface area contributed by atoms with Gasteiger partial charge in [-0.1, -0.05) is 18.2 Å². The maximum Gasteiger partial charge on any atom is 0.407 e. The Morgan fingerprint density at radius 2 is 2.17 bits per heavy atom. The van der Waals surface area contributed by atoms with Gasteiger partial charge >= 0.3 is 6.09 Å². The summed E-state index contributed by atoms with van der Waals surface area (Å²) in [5.74, 6) is -0.122. The third-order valence-corrected chi connectivity index (χ3v) is 2.55. The number of hydrogen-bond acceptors (Lipinski definition) is 3. The molecule has 0 radical (unpaired) electrons. The molecule has 6 nitrogen and oxygen atoms in total. The molecule has 98 valence electrons. The molecule has 0 atom stereocenters. The Balaban J connectivity index is 2.90. The van der Waals surface area contributed by atoms with Crippen LogP contribution in [-0.2, 0) is 6.54 Å². The molecule has 0 aromatic heterocycles. The molecule has 0 aliphatic rings. The van der Waals surface area contributed by atoms with E-state index in [9.17, 15) is 4.79 Å². The summed E-state index contributed by atoms with van der Waals surface area (Å²) < 4.78 is 0. The van der Waals surface area contributed by atoms with E-state index in [-0.39, 0.29) is 18.4 Å². The van der Waals surface area contributed by atoms with E-state index in [1.54, 1.807) is 43.6 Å². The minimum atomic E-state index is -0.981. The van der Waals surface area contributed by atoms with Gasteiger partial charge in [-0.25, -0.2) is 4.79 Å². The summed E-state index contributed by atoms with van der Waals surface area (Å²) >= 11 is 0. The topological polar surface area (TPSA) is 96.7 Å². The van der Waals surface area contributed by atoms with E-state index in [1.807, 2.05) is 0 Å². The highest BCUT2D eigenvalue weighted by Crippen LogP contribution is 2.11. The Hall–Kier alpha value is -2.08. The third kappa shape index (κ3) is 3.46. The summed E-state index contributed by atoms with van der Waals surface area (Å²) in [4.78, 5) is 12.4. The summed E-state index contributed by atoms with van der Waals surface area (Å²) in [6.45, 7) is 3.85. The zero-order valence-electron chi connectivity index (χ0n) is 10.3. The van der Waals surface area contributed by atoms with Gasteiger partial charge in [0.2, 0.25) is 0 Å². The highest BCUT2D eigenvalue weighted by molar-refractivity contribution is 5.95. The molecular weight excluding hydrogens is 234 g/mol. The fraction of sp³-hybridized carbons (Fsp3) is 0.333. The van der Waals surface area contributed by atoms with Crippen molar-refractivity contribution in [2.75, 3.05) is 0 Å². The quantitative estimate of drug-likeness (QED) is 0.373. The molecule has 0 saturated heterocycles. The molecule has 6 heteroatoms. The minimum absolute atomic E-state index is 0.122. The molecule has 0 aliphatic heterocycles. The average Bonchev–Trinajstić information content (AvgIpc) is 2.34. The third-order valence-electron chi connectivity index (χ3n) is 2.55. The van der Waals surface area contributed by atoms with Gasteiger partial charge in [-0.15, -0.1) is 0 Å². The summed E-state index contributed by atoms with van der Waals surface area (Å²) in [5.41, 5.74) is 3.03. The first-order chi connectivity index (χ1) is 8.45. The van der Waals surface area contributed by atoms with Crippen LogP contribution in [-0.4, -0.2) is 33.2 Å². The first-order valence-corrected chi connectivity index (χ1v) is 5.53. The number of nitrogens with zero attached hydrogens (tertiary/aromatic N) is 1. The number of amidine groups is 1. The van der Waals surface area contributed by atoms with Gasteiger partial charge in [-0.05, 0) is 25.5 Å². The predicted octanol–water partition coefficient (Wildman–Crippen LogP) is 1.88. The molecule has 0 unspecified atom stereocenters. The summed E-state index contributed by atoms with van der Waals surface area (Å²) in [6.07, 6.45) is -0.981. The maximum atomic E-state index is 11.1. The number of nitrogens with one attached hydrogen (secondary N) is 2. The van der Waals surface area contributed by atoms with Gasteiger partial charge in [-0.3, -0.25) is 16.1 Å². The summed E-state index contributed by atoms with van der Waals surface area (Å²) in [7, 11) is 0. The molecule has 0 heterocycles. The zero-order chi connectivity index (χ0) is 13.7. The lowest BCUT2D eigenvalue weighted by atomic mass is 10.1. The monoisotopic (exact) mass is 251 g/mol. The highest BCUT2D eigenvalue weighted by Gasteiger charge is 2.16. The highest BCUT2D eigenvalue weighted by atomic mass is 16.5. The average molecular weight is 251 g/mol. The molecular formula is C12H17N3O3. The van der Waals surface area contributed by atoms with E-state index >= 15 is 0 Å². The van der Waals surface area contributed by atoms with Crippen molar-refractivity contribution in [1.29, 1.82) is 5.41 Å². The first kappa shape index (κ1) is 14.0. The molecule has 0 saturated carbocycles. The summed E-state index contributed by atoms with van der Waals surface area (Å²) in [6, 6.07) is 6.71. The van der Waals surface area contributed by atoms with Gasteiger partial charge in [0.1, 0.15) is 5.84 Å². The molecule has 0 fully saturated rings. The summed E-state index contributed by atoms with van der Waals surface area (Å²) in [5, 5.41) is 25.2. The number of benzene rings is 1. The molecule has 1 aromatic carbocycles. The van der Waals surface area contributed by atoms with Crippen LogP contribution in [0.3, 0.4) is 0 Å². The normalized spacial score (nSPS) is 10.2. The molecule has 18 heavy (non-hydrogen) atoms. The van der Waals surface area contributed by atoms with Crippen LogP contribution in [0, 0.1) is 5.41 Å². The number of amides is 1. The largest absolute Gasteiger partial charge is 0.465 e. The van der Waals surface area contributed by atoms with Crippen molar-refractivity contribution in [1.82, 2.24) is 10.4 Å². The Kier molecular flexibility index (Phi) is 4.67. The van der Waals surface area contributed by atoms with Crippen LogP contribution in [0.15, 0.2) is 24.3 Å². The van der Waals surface area contributed by atoms with E-state index in [0.717, 1.165) is 5.56 Å². The number of hydrogen-bond donors (Lipinski definition) is 4. The van der Waals surface area contributed by atoms with Gasteiger partial charge in [-0.2, -0.15) is 0 Å². The van der Waals surface area contributed by atoms with Crippen molar-refractivity contribution in [2.45, 2.75) is 26.4 Å². The molecule has 4 N–H and O–H groups in total. The van der Waals surface area contributed by atoms with E-state index in [0.29, 0.717) is 5.56 Å². The Labute approximate surface area is 105 Å². The number of carboxylic acid groups (broad SMARTS) is 1. The van der Waals surface area contributed by atoms with E-state index < -0.39 is 6.09 Å². The van der Waals surface area contributed by atoms with Crippen molar-refractivity contribution < 1.29 is 15.1 Å². The van der Waals surface area contributed by atoms with Gasteiger partial charge < -0.3 is 10.0 Å². The van der Waals surface area contributed by atoms with Gasteiger partial charge in [0.15, 0.2) is 0 Å². The van der Waals surface area contributed by atoms with Crippen molar-refractivity contribution in [3.8, 4) is 0 Å². The fourth-order valence-electron chi connectivity index (χ4n) is 1.56. The molecule has 1 amide bonds. The van der Waals surface area contributed by atoms with E-state index in [2.05, 4.69) is 0 Å². The van der Waals surface area contributed by atoms with E-state index in [1.165, 1.54) is 4.90 Å². The molecule has 0 spiro atoms. The van der Waals surface area contributed by atoms with Crippen LogP contribution in [0.1, 0.15) is 25.0 Å². The number of rotatable bonds is 4. The van der Waals surface area contributed by atoms with Crippen LogP contribution >= 0.6 is 0 Å². The van der Waals surface area contributed by atoms with Crippen LogP contribution in [0.5, 0.6) is 0 Å². The van der Waals surface area contributed by atoms with Crippen LogP contribution in [0.25, 0.3) is 0 Å². The van der Waals surface area contributed by atoms with Crippen LogP contribution in [0.4, 0.5) is 4.79 Å². The Bertz CT molecular complexity index is 446.